The Kier molecular flexibility index (Phi) is 3.56. The summed E-state index contributed by atoms with van der Waals surface area (Å²) < 4.78 is 5.23. The number of nitrogens with one attached hydrogen (secondary N) is 1. The molecule has 0 radical (unpaired) electrons. The molecule has 0 saturated heterocycles. The van der Waals surface area contributed by atoms with Crippen LogP contribution in [0.15, 0.2) is 41.0 Å². The van der Waals surface area contributed by atoms with Crippen LogP contribution < -0.4 is 5.32 Å². The van der Waals surface area contributed by atoms with Crippen LogP contribution in [0, 0.1) is 0 Å². The van der Waals surface area contributed by atoms with E-state index in [9.17, 15) is 9.59 Å². The van der Waals surface area contributed by atoms with E-state index in [4.69, 9.17) is 9.52 Å². The summed E-state index contributed by atoms with van der Waals surface area (Å²) >= 11 is 0. The standard InChI is InChI=1S/C14H14N2O4/c1-14(2,13(18)19)16-11(17)10-8-20-12(15-10)9-6-4-3-5-7-9/h3-8H,1-2H3,(H,16,17)(H,18,19). The van der Waals surface area contributed by atoms with Gasteiger partial charge in [0, 0.05) is 5.56 Å². The fourth-order valence-corrected chi connectivity index (χ4v) is 1.49. The van der Waals surface area contributed by atoms with Gasteiger partial charge in [-0.15, -0.1) is 0 Å². The molecule has 0 aliphatic carbocycles. The lowest BCUT2D eigenvalue weighted by Crippen LogP contribution is -2.49. The zero-order valence-electron chi connectivity index (χ0n) is 11.1. The van der Waals surface area contributed by atoms with Crippen LogP contribution in [0.4, 0.5) is 0 Å². The highest BCUT2D eigenvalue weighted by atomic mass is 16.4. The smallest absolute Gasteiger partial charge is 0.328 e. The van der Waals surface area contributed by atoms with Crippen molar-refractivity contribution >= 4 is 11.9 Å². The summed E-state index contributed by atoms with van der Waals surface area (Å²) in [6, 6.07) is 9.11. The Bertz CT molecular complexity index is 632. The number of carboxylic acids is 1. The molecule has 0 aliphatic rings. The molecule has 0 aliphatic heterocycles. The summed E-state index contributed by atoms with van der Waals surface area (Å²) in [5.74, 6) is -1.41. The second-order valence-electron chi connectivity index (χ2n) is 4.79. The summed E-state index contributed by atoms with van der Waals surface area (Å²) in [4.78, 5) is 26.9. The Morgan fingerprint density at radius 1 is 1.25 bits per heavy atom. The minimum atomic E-state index is -1.37. The maximum absolute atomic E-state index is 11.9. The van der Waals surface area contributed by atoms with E-state index in [2.05, 4.69) is 10.3 Å². The summed E-state index contributed by atoms with van der Waals surface area (Å²) in [5.41, 5.74) is -0.592. The van der Waals surface area contributed by atoms with Crippen LogP contribution in [-0.4, -0.2) is 27.5 Å². The number of hydrogen-bond acceptors (Lipinski definition) is 4. The van der Waals surface area contributed by atoms with Crippen LogP contribution in [0.3, 0.4) is 0 Å². The molecule has 2 N–H and O–H groups in total. The third-order valence-corrected chi connectivity index (χ3v) is 2.72. The highest BCUT2D eigenvalue weighted by Crippen LogP contribution is 2.18. The topological polar surface area (TPSA) is 92.4 Å². The van der Waals surface area contributed by atoms with E-state index in [0.717, 1.165) is 5.56 Å². The van der Waals surface area contributed by atoms with E-state index in [1.807, 2.05) is 18.2 Å². The first-order valence-electron chi connectivity index (χ1n) is 5.97. The first-order chi connectivity index (χ1) is 9.40. The highest BCUT2D eigenvalue weighted by molar-refractivity contribution is 5.96. The predicted octanol–water partition coefficient (Wildman–Crippen LogP) is 1.93. The molecule has 1 aromatic carbocycles. The van der Waals surface area contributed by atoms with Crippen molar-refractivity contribution in [3.63, 3.8) is 0 Å². The Labute approximate surface area is 115 Å². The van der Waals surface area contributed by atoms with Crippen LogP contribution in [0.25, 0.3) is 11.5 Å². The number of aliphatic carboxylic acids is 1. The molecule has 1 aromatic heterocycles. The first-order valence-corrected chi connectivity index (χ1v) is 5.97. The highest BCUT2D eigenvalue weighted by Gasteiger charge is 2.30. The van der Waals surface area contributed by atoms with Crippen molar-refractivity contribution in [2.75, 3.05) is 0 Å². The number of amides is 1. The second kappa shape index (κ2) is 5.16. The van der Waals surface area contributed by atoms with E-state index in [0.29, 0.717) is 5.89 Å². The van der Waals surface area contributed by atoms with Crippen LogP contribution in [0.1, 0.15) is 24.3 Å². The summed E-state index contributed by atoms with van der Waals surface area (Å²) in [6.07, 6.45) is 1.20. The molecule has 0 atom stereocenters. The van der Waals surface area contributed by atoms with Gasteiger partial charge < -0.3 is 14.8 Å². The zero-order valence-corrected chi connectivity index (χ0v) is 11.1. The molecule has 0 fully saturated rings. The molecule has 2 aromatic rings. The number of benzene rings is 1. The Hall–Kier alpha value is -2.63. The van der Waals surface area contributed by atoms with Crippen molar-refractivity contribution in [3.8, 4) is 11.5 Å². The maximum Gasteiger partial charge on any atom is 0.328 e. The average molecular weight is 274 g/mol. The third-order valence-electron chi connectivity index (χ3n) is 2.72. The number of aromatic nitrogens is 1. The molecule has 1 amide bonds. The van der Waals surface area contributed by atoms with Crippen LogP contribution >= 0.6 is 0 Å². The SMILES string of the molecule is CC(C)(NC(=O)c1coc(-c2ccccc2)n1)C(=O)O. The van der Waals surface area contributed by atoms with Gasteiger partial charge in [0.15, 0.2) is 5.69 Å². The number of nitrogens with zero attached hydrogens (tertiary/aromatic N) is 1. The number of carboxylic acid groups (broad SMARTS) is 1. The Morgan fingerprint density at radius 2 is 1.90 bits per heavy atom. The summed E-state index contributed by atoms with van der Waals surface area (Å²) in [6.45, 7) is 2.79. The molecule has 6 heteroatoms. The second-order valence-corrected chi connectivity index (χ2v) is 4.79. The van der Waals surface area contributed by atoms with Crippen molar-refractivity contribution in [1.29, 1.82) is 0 Å². The van der Waals surface area contributed by atoms with E-state index in [-0.39, 0.29) is 5.69 Å². The van der Waals surface area contributed by atoms with Gasteiger partial charge in [-0.05, 0) is 26.0 Å². The van der Waals surface area contributed by atoms with E-state index >= 15 is 0 Å². The summed E-state index contributed by atoms with van der Waals surface area (Å²) in [5, 5.41) is 11.3. The van der Waals surface area contributed by atoms with Gasteiger partial charge in [-0.25, -0.2) is 9.78 Å². The van der Waals surface area contributed by atoms with Crippen molar-refractivity contribution < 1.29 is 19.1 Å². The number of carbonyl (C=O) groups is 2. The van der Waals surface area contributed by atoms with Crippen molar-refractivity contribution in [2.24, 2.45) is 0 Å². The van der Waals surface area contributed by atoms with Crippen LogP contribution in [-0.2, 0) is 4.79 Å². The van der Waals surface area contributed by atoms with Gasteiger partial charge in [-0.2, -0.15) is 0 Å². The third kappa shape index (κ3) is 2.85. The number of carbonyl (C=O) groups excluding carboxylic acids is 1. The van der Waals surface area contributed by atoms with E-state index in [1.165, 1.54) is 20.1 Å². The molecule has 0 bridgehead atoms. The summed E-state index contributed by atoms with van der Waals surface area (Å²) in [7, 11) is 0. The lowest BCUT2D eigenvalue weighted by molar-refractivity contribution is -0.143. The predicted molar refractivity (Wildman–Crippen MR) is 71.1 cm³/mol. The van der Waals surface area contributed by atoms with Crippen molar-refractivity contribution in [3.05, 3.63) is 42.3 Å². The molecular weight excluding hydrogens is 260 g/mol. The molecule has 0 unspecified atom stereocenters. The molecule has 20 heavy (non-hydrogen) atoms. The van der Waals surface area contributed by atoms with Gasteiger partial charge in [0.25, 0.3) is 5.91 Å². The average Bonchev–Trinajstić information content (AvgIpc) is 2.88. The normalized spacial score (nSPS) is 11.1. The van der Waals surface area contributed by atoms with Gasteiger partial charge in [0.2, 0.25) is 5.89 Å². The molecule has 1 heterocycles. The number of hydrogen-bond donors (Lipinski definition) is 2. The van der Waals surface area contributed by atoms with E-state index < -0.39 is 17.4 Å². The fraction of sp³-hybridized carbons (Fsp3) is 0.214. The van der Waals surface area contributed by atoms with Gasteiger partial charge in [0.05, 0.1) is 0 Å². The quantitative estimate of drug-likeness (QED) is 0.888. The molecule has 2 rings (SSSR count). The first kappa shape index (κ1) is 13.8. The van der Waals surface area contributed by atoms with Crippen molar-refractivity contribution in [1.82, 2.24) is 10.3 Å². The van der Waals surface area contributed by atoms with Gasteiger partial charge in [-0.1, -0.05) is 18.2 Å². The minimum Gasteiger partial charge on any atom is -0.480 e. The van der Waals surface area contributed by atoms with Gasteiger partial charge in [0.1, 0.15) is 11.8 Å². The minimum absolute atomic E-state index is 0.0400. The lowest BCUT2D eigenvalue weighted by atomic mass is 10.1. The fourth-order valence-electron chi connectivity index (χ4n) is 1.49. The Morgan fingerprint density at radius 3 is 2.50 bits per heavy atom. The molecule has 104 valence electrons. The number of oxazole rings is 1. The molecular formula is C14H14N2O4. The molecule has 6 nitrogen and oxygen atoms in total. The maximum atomic E-state index is 11.9. The van der Waals surface area contributed by atoms with Crippen molar-refractivity contribution in [2.45, 2.75) is 19.4 Å². The van der Waals surface area contributed by atoms with Gasteiger partial charge >= 0.3 is 5.97 Å². The van der Waals surface area contributed by atoms with Crippen LogP contribution in [0.5, 0.6) is 0 Å². The molecule has 0 spiro atoms. The zero-order chi connectivity index (χ0) is 14.8. The molecule has 0 saturated carbocycles. The lowest BCUT2D eigenvalue weighted by Gasteiger charge is -2.19. The largest absolute Gasteiger partial charge is 0.480 e. The van der Waals surface area contributed by atoms with E-state index in [1.54, 1.807) is 12.1 Å². The number of rotatable bonds is 4. The van der Waals surface area contributed by atoms with Gasteiger partial charge in [-0.3, -0.25) is 4.79 Å². The Balaban J connectivity index is 2.17. The van der Waals surface area contributed by atoms with Crippen LogP contribution in [0.2, 0.25) is 0 Å². The monoisotopic (exact) mass is 274 g/mol.